The number of carboxylic acid groups (broad SMARTS) is 1. The first-order valence-electron chi connectivity index (χ1n) is 1.73. The molecule has 0 rings (SSSR count). The van der Waals surface area contributed by atoms with Gasteiger partial charge in [-0.25, -0.2) is 9.08 Å². The molecule has 3 nitrogen and oxygen atoms in total. The van der Waals surface area contributed by atoms with Crippen LogP contribution in [0.4, 0.5) is 0 Å². The van der Waals surface area contributed by atoms with Crippen LogP contribution in [-0.4, -0.2) is 16.1 Å². The first-order valence-corrected chi connectivity index (χ1v) is 2.41. The largest absolute Gasteiger partial charge is 0.478 e. The highest BCUT2D eigenvalue weighted by Crippen LogP contribution is 2.17. The minimum atomic E-state index is -1.80. The highest BCUT2D eigenvalue weighted by atomic mass is 35.5. The van der Waals surface area contributed by atoms with Gasteiger partial charge in [0.25, 0.3) is 5.06 Å². The van der Waals surface area contributed by atoms with Crippen molar-refractivity contribution in [3.63, 3.8) is 0 Å². The molecule has 0 aliphatic rings. The summed E-state index contributed by atoms with van der Waals surface area (Å²) in [6, 6.07) is 0. The first kappa shape index (κ1) is 8.01. The van der Waals surface area contributed by atoms with Crippen LogP contribution in [0.15, 0.2) is 0 Å². The Kier molecular flexibility index (Phi) is 2.53. The van der Waals surface area contributed by atoms with Crippen molar-refractivity contribution in [3.8, 4) is 0 Å². The van der Waals surface area contributed by atoms with Gasteiger partial charge in [0, 0.05) is 0 Å². The van der Waals surface area contributed by atoms with E-state index in [4.69, 9.17) is 16.7 Å². The van der Waals surface area contributed by atoms with E-state index in [9.17, 15) is 4.79 Å². The van der Waals surface area contributed by atoms with Crippen molar-refractivity contribution in [1.82, 2.24) is 0 Å². The Labute approximate surface area is 56.3 Å². The van der Waals surface area contributed by atoms with Gasteiger partial charge in [0.05, 0.1) is 11.9 Å². The first-order chi connectivity index (χ1) is 3.50. The molecule has 0 aromatic rings. The monoisotopic (exact) mass is 158 g/mol. The highest BCUT2D eigenvalue weighted by Gasteiger charge is 2.31. The fourth-order valence-electron chi connectivity index (χ4n) is 0.0330. The number of hydrogen-bond donors (Lipinski definition) is 1. The molecule has 48 valence electrons. The second-order valence-corrected chi connectivity index (χ2v) is 2.17. The van der Waals surface area contributed by atoms with Crippen molar-refractivity contribution >= 4 is 29.4 Å². The predicted octanol–water partition coefficient (Wildman–Crippen LogP) is 1.20. The molecule has 0 aromatic heterocycles. The van der Waals surface area contributed by atoms with Crippen molar-refractivity contribution < 1.29 is 14.2 Å². The maximum atomic E-state index is 9.91. The summed E-state index contributed by atoms with van der Waals surface area (Å²) in [5, 5.41) is 6.30. The van der Waals surface area contributed by atoms with Crippen LogP contribution in [0.2, 0.25) is 0 Å². The molecule has 0 heterocycles. The minimum absolute atomic E-state index is 1.13. The van der Waals surface area contributed by atoms with Crippen LogP contribution in [-0.2, 0) is 9.08 Å². The summed E-state index contributed by atoms with van der Waals surface area (Å²) in [7, 11) is 0. The Balaban J connectivity index is 3.91. The molecule has 1 atom stereocenters. The van der Waals surface area contributed by atoms with E-state index in [2.05, 4.69) is 16.2 Å². The van der Waals surface area contributed by atoms with E-state index in [1.807, 2.05) is 0 Å². The zero-order valence-corrected chi connectivity index (χ0v) is 5.53. The fourth-order valence-corrected chi connectivity index (χ4v) is 0.0990. The Morgan fingerprint density at radius 2 is 2.25 bits per heavy atom. The molecule has 8 heavy (non-hydrogen) atoms. The van der Waals surface area contributed by atoms with E-state index in [1.165, 1.54) is 0 Å². The topological polar surface area (TPSA) is 46.5 Å². The van der Waals surface area contributed by atoms with Gasteiger partial charge in [-0.3, -0.25) is 0 Å². The van der Waals surface area contributed by atoms with E-state index >= 15 is 0 Å². The van der Waals surface area contributed by atoms with Gasteiger partial charge in [0.15, 0.2) is 0 Å². The van der Waals surface area contributed by atoms with Crippen LogP contribution in [0.1, 0.15) is 6.92 Å². The van der Waals surface area contributed by atoms with E-state index < -0.39 is 11.0 Å². The number of hydrogen-bond acceptors (Lipinski definition) is 2. The molecule has 0 saturated heterocycles. The summed E-state index contributed by atoms with van der Waals surface area (Å²) >= 11 is 9.78. The third kappa shape index (κ3) is 1.86. The van der Waals surface area contributed by atoms with Crippen molar-refractivity contribution in [2.75, 3.05) is 0 Å². The summed E-state index contributed by atoms with van der Waals surface area (Å²) in [5.74, 6) is -1.31. The van der Waals surface area contributed by atoms with E-state index in [0.717, 1.165) is 6.92 Å². The summed E-state index contributed by atoms with van der Waals surface area (Å²) in [6.45, 7) is 1.13. The number of halogens is 2. The van der Waals surface area contributed by atoms with Crippen molar-refractivity contribution in [2.45, 2.75) is 12.0 Å². The third-order valence-electron chi connectivity index (χ3n) is 0.527. The van der Waals surface area contributed by atoms with Crippen molar-refractivity contribution in [1.29, 1.82) is 0 Å². The van der Waals surface area contributed by atoms with Crippen LogP contribution < -0.4 is 0 Å². The number of aliphatic carboxylic acids is 1. The Morgan fingerprint density at radius 3 is 2.25 bits per heavy atom. The molecule has 5 heteroatoms. The van der Waals surface area contributed by atoms with Crippen LogP contribution in [0.25, 0.3) is 0 Å². The lowest BCUT2D eigenvalue weighted by Gasteiger charge is -2.09. The molecule has 0 fully saturated rings. The molecule has 0 aliphatic carbocycles. The minimum Gasteiger partial charge on any atom is -0.478 e. The maximum Gasteiger partial charge on any atom is 0.353 e. The Bertz CT molecular complexity index is 101. The zero-order chi connectivity index (χ0) is 6.78. The highest BCUT2D eigenvalue weighted by molar-refractivity contribution is 6.33. The Morgan fingerprint density at radius 1 is 1.88 bits per heavy atom. The summed E-state index contributed by atoms with van der Waals surface area (Å²) in [6.07, 6.45) is 0. The predicted molar refractivity (Wildman–Crippen MR) is 28.8 cm³/mol. The van der Waals surface area contributed by atoms with Crippen molar-refractivity contribution in [3.05, 3.63) is 0 Å². The quantitative estimate of drug-likeness (QED) is 0.615. The third-order valence-corrected chi connectivity index (χ3v) is 1.15. The fraction of sp³-hybridized carbons (Fsp3) is 0.667. The average molecular weight is 159 g/mol. The molecule has 0 bridgehead atoms. The molecule has 0 amide bonds. The normalized spacial score (nSPS) is 17.4. The Hall–Kier alpha value is 0.01000. The smallest absolute Gasteiger partial charge is 0.353 e. The van der Waals surface area contributed by atoms with Gasteiger partial charge in [0.2, 0.25) is 0 Å². The summed E-state index contributed by atoms with van der Waals surface area (Å²) in [4.78, 5) is 9.91. The number of carbonyl (C=O) groups is 1. The molecular formula is C3H4Cl2O3. The standard InChI is InChI=1S/C3H4Cl2O3/c1-3(4,8-5)2(6)7/h1H3,(H,6,7). The molecule has 1 unspecified atom stereocenters. The summed E-state index contributed by atoms with van der Waals surface area (Å²) < 4.78 is 3.84. The molecule has 0 aliphatic heterocycles. The lowest BCUT2D eigenvalue weighted by atomic mass is 10.4. The molecule has 0 saturated carbocycles. The van der Waals surface area contributed by atoms with Gasteiger partial charge in [0.1, 0.15) is 0 Å². The molecular weight excluding hydrogens is 155 g/mol. The number of alkyl halides is 1. The van der Waals surface area contributed by atoms with Gasteiger partial charge in [-0.05, 0) is 6.92 Å². The van der Waals surface area contributed by atoms with E-state index in [-0.39, 0.29) is 0 Å². The lowest BCUT2D eigenvalue weighted by Crippen LogP contribution is -2.28. The maximum absolute atomic E-state index is 9.91. The van der Waals surface area contributed by atoms with Crippen LogP contribution in [0.5, 0.6) is 0 Å². The van der Waals surface area contributed by atoms with Crippen LogP contribution in [0, 0.1) is 0 Å². The van der Waals surface area contributed by atoms with Gasteiger partial charge in [-0.2, -0.15) is 0 Å². The second kappa shape index (κ2) is 2.53. The SMILES string of the molecule is CC(Cl)(OCl)C(=O)O. The molecule has 0 radical (unpaired) electrons. The van der Waals surface area contributed by atoms with Gasteiger partial charge < -0.3 is 5.11 Å². The molecule has 0 spiro atoms. The number of carboxylic acids is 1. The van der Waals surface area contributed by atoms with E-state index in [1.54, 1.807) is 0 Å². The lowest BCUT2D eigenvalue weighted by molar-refractivity contribution is -0.146. The second-order valence-electron chi connectivity index (χ2n) is 1.30. The van der Waals surface area contributed by atoms with Crippen LogP contribution >= 0.6 is 23.5 Å². The van der Waals surface area contributed by atoms with Crippen molar-refractivity contribution in [2.24, 2.45) is 0 Å². The molecule has 1 N–H and O–H groups in total. The molecule has 0 aromatic carbocycles. The van der Waals surface area contributed by atoms with Gasteiger partial charge in [-0.1, -0.05) is 11.6 Å². The van der Waals surface area contributed by atoms with Crippen LogP contribution in [0.3, 0.4) is 0 Å². The number of rotatable bonds is 2. The van der Waals surface area contributed by atoms with Gasteiger partial charge >= 0.3 is 5.97 Å². The van der Waals surface area contributed by atoms with Gasteiger partial charge in [-0.15, -0.1) is 0 Å². The zero-order valence-electron chi connectivity index (χ0n) is 4.02. The average Bonchev–Trinajstić information content (AvgIpc) is 1.67. The summed E-state index contributed by atoms with van der Waals surface area (Å²) in [5.41, 5.74) is 0. The van der Waals surface area contributed by atoms with E-state index in [0.29, 0.717) is 0 Å².